The van der Waals surface area contributed by atoms with E-state index in [0.717, 1.165) is 29.8 Å². The predicted molar refractivity (Wildman–Crippen MR) is 67.5 cm³/mol. The smallest absolute Gasteiger partial charge is 0.224 e. The van der Waals surface area contributed by atoms with Gasteiger partial charge < -0.3 is 10.2 Å². The number of halogens is 1. The highest BCUT2D eigenvalue weighted by molar-refractivity contribution is 9.10. The Balaban J connectivity index is 2.84. The number of hydrogen-bond donors (Lipinski definition) is 1. The van der Waals surface area contributed by atoms with Crippen LogP contribution in [0.3, 0.4) is 0 Å². The van der Waals surface area contributed by atoms with Gasteiger partial charge in [-0.3, -0.25) is 0 Å². The van der Waals surface area contributed by atoms with Crippen molar-refractivity contribution >= 4 is 27.7 Å². The van der Waals surface area contributed by atoms with Crippen LogP contribution < -0.4 is 10.2 Å². The first kappa shape index (κ1) is 12.2. The SMILES string of the molecule is CCCNc1ncc(Br)c(N(C)CC)n1. The maximum absolute atomic E-state index is 4.44. The first-order chi connectivity index (χ1) is 7.19. The maximum Gasteiger partial charge on any atom is 0.224 e. The normalized spacial score (nSPS) is 10.1. The number of nitrogens with zero attached hydrogens (tertiary/aromatic N) is 3. The number of aromatic nitrogens is 2. The minimum atomic E-state index is 0.690. The van der Waals surface area contributed by atoms with Crippen molar-refractivity contribution in [3.05, 3.63) is 10.7 Å². The van der Waals surface area contributed by atoms with Crippen molar-refractivity contribution in [2.24, 2.45) is 0 Å². The van der Waals surface area contributed by atoms with Gasteiger partial charge in [0.05, 0.1) is 4.47 Å². The Morgan fingerprint density at radius 3 is 2.80 bits per heavy atom. The molecular weight excluding hydrogens is 256 g/mol. The average molecular weight is 273 g/mol. The Morgan fingerprint density at radius 2 is 2.20 bits per heavy atom. The summed E-state index contributed by atoms with van der Waals surface area (Å²) in [6.45, 7) is 6.03. The summed E-state index contributed by atoms with van der Waals surface area (Å²) >= 11 is 3.45. The Labute approximate surface area is 99.2 Å². The zero-order valence-corrected chi connectivity index (χ0v) is 11.0. The predicted octanol–water partition coefficient (Wildman–Crippen LogP) is 2.52. The van der Waals surface area contributed by atoms with Gasteiger partial charge in [-0.1, -0.05) is 6.92 Å². The molecule has 84 valence electrons. The van der Waals surface area contributed by atoms with E-state index in [2.05, 4.69) is 50.0 Å². The lowest BCUT2D eigenvalue weighted by Crippen LogP contribution is -2.19. The van der Waals surface area contributed by atoms with Crippen molar-refractivity contribution < 1.29 is 0 Å². The van der Waals surface area contributed by atoms with Crippen LogP contribution in [-0.2, 0) is 0 Å². The molecule has 5 heteroatoms. The molecule has 0 amide bonds. The Morgan fingerprint density at radius 1 is 1.47 bits per heavy atom. The van der Waals surface area contributed by atoms with Crippen molar-refractivity contribution in [3.8, 4) is 0 Å². The van der Waals surface area contributed by atoms with E-state index in [1.807, 2.05) is 7.05 Å². The maximum atomic E-state index is 4.44. The van der Waals surface area contributed by atoms with E-state index in [4.69, 9.17) is 0 Å². The Hall–Kier alpha value is -0.840. The van der Waals surface area contributed by atoms with Crippen molar-refractivity contribution in [3.63, 3.8) is 0 Å². The molecule has 0 atom stereocenters. The highest BCUT2D eigenvalue weighted by Gasteiger charge is 2.07. The molecular formula is C10H17BrN4. The summed E-state index contributed by atoms with van der Waals surface area (Å²) in [5.74, 6) is 1.61. The number of anilines is 2. The lowest BCUT2D eigenvalue weighted by atomic mass is 10.5. The second kappa shape index (κ2) is 5.90. The minimum absolute atomic E-state index is 0.690. The van der Waals surface area contributed by atoms with Crippen LogP contribution in [0.25, 0.3) is 0 Å². The fourth-order valence-electron chi connectivity index (χ4n) is 1.10. The van der Waals surface area contributed by atoms with Gasteiger partial charge in [0.2, 0.25) is 5.95 Å². The summed E-state index contributed by atoms with van der Waals surface area (Å²) in [4.78, 5) is 10.7. The third kappa shape index (κ3) is 3.34. The van der Waals surface area contributed by atoms with Gasteiger partial charge in [0.15, 0.2) is 0 Å². The van der Waals surface area contributed by atoms with Crippen LogP contribution in [-0.4, -0.2) is 30.1 Å². The highest BCUT2D eigenvalue weighted by Crippen LogP contribution is 2.22. The van der Waals surface area contributed by atoms with Crippen molar-refractivity contribution in [1.29, 1.82) is 0 Å². The molecule has 1 aromatic rings. The summed E-state index contributed by atoms with van der Waals surface area (Å²) in [6.07, 6.45) is 2.85. The molecule has 0 aliphatic heterocycles. The molecule has 1 rings (SSSR count). The van der Waals surface area contributed by atoms with Crippen molar-refractivity contribution in [2.45, 2.75) is 20.3 Å². The molecule has 0 radical (unpaired) electrons. The van der Waals surface area contributed by atoms with Gasteiger partial charge in [0.1, 0.15) is 5.82 Å². The lowest BCUT2D eigenvalue weighted by molar-refractivity contribution is 0.908. The van der Waals surface area contributed by atoms with Crippen LogP contribution in [0.4, 0.5) is 11.8 Å². The molecule has 4 nitrogen and oxygen atoms in total. The van der Waals surface area contributed by atoms with Gasteiger partial charge in [-0.2, -0.15) is 4.98 Å². The van der Waals surface area contributed by atoms with E-state index < -0.39 is 0 Å². The zero-order valence-electron chi connectivity index (χ0n) is 9.42. The third-order valence-corrected chi connectivity index (χ3v) is 2.65. The van der Waals surface area contributed by atoms with Gasteiger partial charge in [-0.05, 0) is 29.3 Å². The minimum Gasteiger partial charge on any atom is -0.359 e. The second-order valence-corrected chi connectivity index (χ2v) is 4.16. The third-order valence-electron chi connectivity index (χ3n) is 2.09. The first-order valence-corrected chi connectivity index (χ1v) is 5.95. The summed E-state index contributed by atoms with van der Waals surface area (Å²) in [5.41, 5.74) is 0. The van der Waals surface area contributed by atoms with Gasteiger partial charge in [-0.15, -0.1) is 0 Å². The molecule has 0 aliphatic rings. The van der Waals surface area contributed by atoms with Crippen LogP contribution >= 0.6 is 15.9 Å². The molecule has 0 bridgehead atoms. The zero-order chi connectivity index (χ0) is 11.3. The fraction of sp³-hybridized carbons (Fsp3) is 0.600. The van der Waals surface area contributed by atoms with E-state index in [1.54, 1.807) is 6.20 Å². The van der Waals surface area contributed by atoms with Crippen molar-refractivity contribution in [1.82, 2.24) is 9.97 Å². The molecule has 0 fully saturated rings. The quantitative estimate of drug-likeness (QED) is 0.895. The van der Waals surface area contributed by atoms with E-state index in [9.17, 15) is 0 Å². The fourth-order valence-corrected chi connectivity index (χ4v) is 1.59. The van der Waals surface area contributed by atoms with Crippen LogP contribution in [0.2, 0.25) is 0 Å². The second-order valence-electron chi connectivity index (χ2n) is 3.31. The number of rotatable bonds is 5. The van der Waals surface area contributed by atoms with Crippen LogP contribution in [0.5, 0.6) is 0 Å². The van der Waals surface area contributed by atoms with Crippen molar-refractivity contribution in [2.75, 3.05) is 30.4 Å². The van der Waals surface area contributed by atoms with Gasteiger partial charge in [-0.25, -0.2) is 4.98 Å². The summed E-state index contributed by atoms with van der Waals surface area (Å²) in [7, 11) is 2.01. The molecule has 0 saturated carbocycles. The van der Waals surface area contributed by atoms with Crippen LogP contribution in [0.1, 0.15) is 20.3 Å². The molecule has 1 heterocycles. The van der Waals surface area contributed by atoms with E-state index >= 15 is 0 Å². The van der Waals surface area contributed by atoms with Gasteiger partial charge >= 0.3 is 0 Å². The molecule has 0 unspecified atom stereocenters. The average Bonchev–Trinajstić information content (AvgIpc) is 2.27. The molecule has 0 spiro atoms. The number of nitrogens with one attached hydrogen (secondary N) is 1. The van der Waals surface area contributed by atoms with E-state index in [0.29, 0.717) is 5.95 Å². The molecule has 1 aromatic heterocycles. The molecule has 0 saturated heterocycles. The summed E-state index contributed by atoms with van der Waals surface area (Å²) in [5, 5.41) is 3.17. The molecule has 0 aliphatic carbocycles. The molecule has 0 aromatic carbocycles. The molecule has 15 heavy (non-hydrogen) atoms. The first-order valence-electron chi connectivity index (χ1n) is 5.16. The lowest BCUT2D eigenvalue weighted by Gasteiger charge is -2.17. The van der Waals surface area contributed by atoms with Crippen LogP contribution in [0.15, 0.2) is 10.7 Å². The topological polar surface area (TPSA) is 41.1 Å². The standard InChI is InChI=1S/C10H17BrN4/c1-4-6-12-10-13-7-8(11)9(14-10)15(3)5-2/h7H,4-6H2,1-3H3,(H,12,13,14). The highest BCUT2D eigenvalue weighted by atomic mass is 79.9. The number of hydrogen-bond acceptors (Lipinski definition) is 4. The Kier molecular flexibility index (Phi) is 4.81. The largest absolute Gasteiger partial charge is 0.359 e. The van der Waals surface area contributed by atoms with Crippen LogP contribution in [0, 0.1) is 0 Å². The summed E-state index contributed by atoms with van der Waals surface area (Å²) < 4.78 is 0.925. The Bertz CT molecular complexity index is 316. The molecule has 1 N–H and O–H groups in total. The van der Waals surface area contributed by atoms with E-state index in [-0.39, 0.29) is 0 Å². The van der Waals surface area contributed by atoms with Gasteiger partial charge in [0, 0.05) is 26.3 Å². The monoisotopic (exact) mass is 272 g/mol. The van der Waals surface area contributed by atoms with Gasteiger partial charge in [0.25, 0.3) is 0 Å². The van der Waals surface area contributed by atoms with E-state index in [1.165, 1.54) is 0 Å². The summed E-state index contributed by atoms with van der Waals surface area (Å²) in [6, 6.07) is 0.